The van der Waals surface area contributed by atoms with Gasteiger partial charge in [0.15, 0.2) is 12.1 Å². The molecular weight excluding hydrogens is 650 g/mol. The Labute approximate surface area is 281 Å². The molecule has 17 heteroatoms. The number of carbonyl (C=O) groups is 3. The highest BCUT2D eigenvalue weighted by atomic mass is 16.7. The van der Waals surface area contributed by atoms with Gasteiger partial charge in [0.1, 0.15) is 50.0 Å². The summed E-state index contributed by atoms with van der Waals surface area (Å²) in [5.74, 6) is -2.30. The molecule has 0 amide bonds. The van der Waals surface area contributed by atoms with Crippen LogP contribution in [0.2, 0.25) is 0 Å². The molecule has 0 saturated carbocycles. The summed E-state index contributed by atoms with van der Waals surface area (Å²) in [5.41, 5.74) is 2.22. The van der Waals surface area contributed by atoms with E-state index < -0.39 is 68.2 Å². The van der Waals surface area contributed by atoms with Crippen molar-refractivity contribution >= 4 is 23.4 Å². The third-order valence-electron chi connectivity index (χ3n) is 7.69. The summed E-state index contributed by atoms with van der Waals surface area (Å²) in [5, 5.41) is 47.3. The van der Waals surface area contributed by atoms with Crippen molar-refractivity contribution in [2.45, 2.75) is 56.4 Å². The number of aliphatic hydroxyl groups excluding tert-OH is 2. The molecule has 0 bridgehead atoms. The van der Waals surface area contributed by atoms with Crippen molar-refractivity contribution in [3.05, 3.63) is 59.2 Å². The van der Waals surface area contributed by atoms with Crippen molar-refractivity contribution in [2.24, 2.45) is 10.3 Å². The summed E-state index contributed by atoms with van der Waals surface area (Å²) < 4.78 is 39.4. The number of aliphatic carboxylic acids is 2. The third-order valence-corrected chi connectivity index (χ3v) is 7.69. The minimum atomic E-state index is -1.25. The van der Waals surface area contributed by atoms with Crippen LogP contribution in [0, 0.1) is 0 Å². The first-order valence-corrected chi connectivity index (χ1v) is 15.4. The number of carbonyl (C=O) groups excluding carboxylic acids is 1. The lowest BCUT2D eigenvalue weighted by Gasteiger charge is -2.44. The second-order valence-electron chi connectivity index (χ2n) is 11.2. The van der Waals surface area contributed by atoms with Gasteiger partial charge in [-0.1, -0.05) is 23.4 Å². The van der Waals surface area contributed by atoms with Gasteiger partial charge in [0.05, 0.1) is 44.7 Å². The van der Waals surface area contributed by atoms with E-state index >= 15 is 0 Å². The van der Waals surface area contributed by atoms with Crippen molar-refractivity contribution in [3.8, 4) is 5.75 Å². The zero-order chi connectivity index (χ0) is 35.3. The Morgan fingerprint density at radius 2 is 1.61 bits per heavy atom. The van der Waals surface area contributed by atoms with Crippen molar-refractivity contribution in [2.75, 3.05) is 58.8 Å². The summed E-state index contributed by atoms with van der Waals surface area (Å²) in [6.45, 7) is -1.53. The van der Waals surface area contributed by atoms with Crippen LogP contribution < -0.4 is 9.75 Å². The molecule has 6 unspecified atom stereocenters. The number of Topliss-reactive ketones (excluding diaryl/α,β-unsaturated/α-hetero) is 1. The maximum absolute atomic E-state index is 13.3. The molecule has 4 N–H and O–H groups in total. The number of hydrogen-bond acceptors (Lipinski definition) is 15. The number of aliphatic hydroxyl groups is 2. The van der Waals surface area contributed by atoms with Crippen LogP contribution in [0.1, 0.15) is 27.9 Å². The molecule has 2 aliphatic rings. The van der Waals surface area contributed by atoms with E-state index in [0.717, 1.165) is 0 Å². The molecule has 1 saturated heterocycles. The van der Waals surface area contributed by atoms with Crippen molar-refractivity contribution in [3.63, 3.8) is 0 Å². The molecule has 0 aliphatic carbocycles. The number of ether oxygens (including phenoxy) is 7. The Kier molecular flexibility index (Phi) is 14.3. The molecule has 17 nitrogen and oxygen atoms in total. The van der Waals surface area contributed by atoms with Crippen LogP contribution in [0.4, 0.5) is 5.69 Å². The fourth-order valence-electron chi connectivity index (χ4n) is 5.40. The molecule has 0 spiro atoms. The van der Waals surface area contributed by atoms with Gasteiger partial charge in [-0.25, -0.2) is 14.6 Å². The molecule has 0 radical (unpaired) electrons. The molecule has 268 valence electrons. The predicted molar refractivity (Wildman–Crippen MR) is 167 cm³/mol. The molecule has 4 rings (SSSR count). The largest absolute Gasteiger partial charge is 0.493 e. The van der Waals surface area contributed by atoms with E-state index in [1.54, 1.807) is 47.5 Å². The molecule has 2 aromatic carbocycles. The zero-order valence-corrected chi connectivity index (χ0v) is 27.1. The normalized spacial score (nSPS) is 23.5. The van der Waals surface area contributed by atoms with Gasteiger partial charge in [-0.3, -0.25) is 4.79 Å². The topological polar surface area (TPSA) is 225 Å². The molecule has 49 heavy (non-hydrogen) atoms. The molecular formula is C32H41N3O14. The van der Waals surface area contributed by atoms with E-state index in [1.807, 2.05) is 0 Å². The lowest BCUT2D eigenvalue weighted by Crippen LogP contribution is -2.62. The standard InChI is InChI=1S/C32H41N3O14/c1-43-29-26(16-45-17-27(39)40)49-32(44-2)31(30(29)48-18-28(41)42)47-15-25(38)21-4-3-5-23(11-21)35-12-22(33-34-35)6-7-46-24-9-19(13-36)8-20(10-24)14-37/h3-5,8-11,22,26,29-32,36-37H,6-7,12-18H2,1-2H3,(H,39,40)(H,41,42). The van der Waals surface area contributed by atoms with Gasteiger partial charge < -0.3 is 53.6 Å². The molecule has 0 aromatic heterocycles. The van der Waals surface area contributed by atoms with Crippen LogP contribution in [0.3, 0.4) is 0 Å². The van der Waals surface area contributed by atoms with Crippen LogP contribution >= 0.6 is 0 Å². The Morgan fingerprint density at radius 1 is 0.898 bits per heavy atom. The van der Waals surface area contributed by atoms with Crippen LogP contribution in [0.5, 0.6) is 5.75 Å². The Hall–Kier alpha value is -4.07. The fourth-order valence-corrected chi connectivity index (χ4v) is 5.40. The van der Waals surface area contributed by atoms with Crippen molar-refractivity contribution < 1.29 is 68.0 Å². The highest BCUT2D eigenvalue weighted by Crippen LogP contribution is 2.29. The van der Waals surface area contributed by atoms with E-state index in [4.69, 9.17) is 38.3 Å². The number of nitrogens with zero attached hydrogens (tertiary/aromatic N) is 3. The van der Waals surface area contributed by atoms with Crippen LogP contribution in [-0.4, -0.2) is 129 Å². The van der Waals surface area contributed by atoms with Crippen molar-refractivity contribution in [1.29, 1.82) is 0 Å². The summed E-state index contributed by atoms with van der Waals surface area (Å²) in [6, 6.07) is 11.7. The zero-order valence-electron chi connectivity index (χ0n) is 27.1. The van der Waals surface area contributed by atoms with E-state index in [1.165, 1.54) is 14.2 Å². The number of rotatable bonds is 20. The van der Waals surface area contributed by atoms with E-state index in [2.05, 4.69) is 10.3 Å². The SMILES string of the molecule is COC1OC(COCC(=O)O)C(OC)C(OCC(=O)O)C1OCC(=O)c1cccc(N2CC(CCOc3cc(CO)cc(CO)c3)N=N2)c1. The number of hydrogen-bond donors (Lipinski definition) is 4. The average Bonchev–Trinajstić information content (AvgIpc) is 3.58. The molecule has 2 heterocycles. The van der Waals surface area contributed by atoms with Gasteiger partial charge in [-0.15, -0.1) is 0 Å². The van der Waals surface area contributed by atoms with Gasteiger partial charge in [0.2, 0.25) is 0 Å². The maximum Gasteiger partial charge on any atom is 0.329 e. The lowest BCUT2D eigenvalue weighted by atomic mass is 9.98. The maximum atomic E-state index is 13.3. The molecule has 6 atom stereocenters. The minimum absolute atomic E-state index is 0.170. The fraction of sp³-hybridized carbons (Fsp3) is 0.531. The highest BCUT2D eigenvalue weighted by molar-refractivity contribution is 5.97. The summed E-state index contributed by atoms with van der Waals surface area (Å²) in [4.78, 5) is 35.5. The minimum Gasteiger partial charge on any atom is -0.493 e. The summed E-state index contributed by atoms with van der Waals surface area (Å²) in [7, 11) is 2.67. The van der Waals surface area contributed by atoms with E-state index in [0.29, 0.717) is 47.7 Å². The van der Waals surface area contributed by atoms with Gasteiger partial charge in [0.25, 0.3) is 0 Å². The molecule has 2 aliphatic heterocycles. The van der Waals surface area contributed by atoms with Crippen LogP contribution in [0.15, 0.2) is 52.8 Å². The predicted octanol–water partition coefficient (Wildman–Crippen LogP) is 1.22. The molecule has 2 aromatic rings. The Bertz CT molecular complexity index is 1420. The van der Waals surface area contributed by atoms with Gasteiger partial charge in [-0.2, -0.15) is 5.11 Å². The number of benzene rings is 2. The second-order valence-corrected chi connectivity index (χ2v) is 11.2. The van der Waals surface area contributed by atoms with E-state index in [9.17, 15) is 29.7 Å². The Balaban J connectivity index is 1.35. The van der Waals surface area contributed by atoms with Crippen molar-refractivity contribution in [1.82, 2.24) is 0 Å². The number of methoxy groups -OCH3 is 2. The average molecular weight is 692 g/mol. The lowest BCUT2D eigenvalue weighted by molar-refractivity contribution is -0.312. The smallest absolute Gasteiger partial charge is 0.329 e. The van der Waals surface area contributed by atoms with Gasteiger partial charge >= 0.3 is 11.9 Å². The second kappa shape index (κ2) is 18.6. The number of ketones is 1. The monoisotopic (exact) mass is 691 g/mol. The third kappa shape index (κ3) is 10.7. The number of anilines is 1. The van der Waals surface area contributed by atoms with Gasteiger partial charge in [-0.05, 0) is 35.4 Å². The quantitative estimate of drug-likeness (QED) is 0.143. The van der Waals surface area contributed by atoms with Crippen LogP contribution in [0.25, 0.3) is 0 Å². The summed E-state index contributed by atoms with van der Waals surface area (Å²) >= 11 is 0. The van der Waals surface area contributed by atoms with Crippen LogP contribution in [-0.2, 0) is 51.2 Å². The van der Waals surface area contributed by atoms with E-state index in [-0.39, 0.29) is 25.9 Å². The van der Waals surface area contributed by atoms with Gasteiger partial charge in [0, 0.05) is 26.2 Å². The number of carboxylic acids is 2. The summed E-state index contributed by atoms with van der Waals surface area (Å²) in [6.07, 6.45) is -4.63. The highest BCUT2D eigenvalue weighted by Gasteiger charge is 2.48. The Morgan fingerprint density at radius 3 is 2.27 bits per heavy atom. The number of carboxylic acid groups (broad SMARTS) is 2. The molecule has 1 fully saturated rings. The first kappa shape index (κ1) is 37.7. The first-order valence-electron chi connectivity index (χ1n) is 15.4. The first-order chi connectivity index (χ1) is 23.6.